The molecule has 0 saturated carbocycles. The fourth-order valence-corrected chi connectivity index (χ4v) is 2.02. The number of ether oxygens (including phenoxy) is 1. The van der Waals surface area contributed by atoms with Crippen LogP contribution in [0.4, 0.5) is 4.39 Å². The van der Waals surface area contributed by atoms with E-state index < -0.39 is 5.82 Å². The zero-order valence-corrected chi connectivity index (χ0v) is 11.2. The van der Waals surface area contributed by atoms with E-state index in [2.05, 4.69) is 0 Å². The van der Waals surface area contributed by atoms with E-state index in [-0.39, 0.29) is 11.6 Å². The van der Waals surface area contributed by atoms with E-state index in [9.17, 15) is 4.39 Å². The van der Waals surface area contributed by atoms with E-state index in [4.69, 9.17) is 22.1 Å². The van der Waals surface area contributed by atoms with Gasteiger partial charge >= 0.3 is 0 Å². The van der Waals surface area contributed by atoms with Crippen molar-refractivity contribution < 1.29 is 9.13 Å². The van der Waals surface area contributed by atoms with Gasteiger partial charge in [0.2, 0.25) is 0 Å². The first kappa shape index (κ1) is 13.8. The molecule has 0 bridgehead atoms. The van der Waals surface area contributed by atoms with E-state index in [1.807, 2.05) is 24.3 Å². The number of nitrogens with two attached hydrogens (primary N) is 1. The highest BCUT2D eigenvalue weighted by molar-refractivity contribution is 6.30. The highest BCUT2D eigenvalue weighted by atomic mass is 35.5. The summed E-state index contributed by atoms with van der Waals surface area (Å²) in [5, 5.41) is 0.108. The lowest BCUT2D eigenvalue weighted by molar-refractivity contribution is 0.297. The summed E-state index contributed by atoms with van der Waals surface area (Å²) in [4.78, 5) is 0. The predicted octanol–water partition coefficient (Wildman–Crippen LogP) is 3.56. The molecule has 2 rings (SSSR count). The molecule has 0 aromatic heterocycles. The maximum atomic E-state index is 13.7. The molecule has 2 nitrogen and oxygen atoms in total. The van der Waals surface area contributed by atoms with Gasteiger partial charge < -0.3 is 10.5 Å². The molecule has 0 aliphatic carbocycles. The third-order valence-corrected chi connectivity index (χ3v) is 3.09. The average Bonchev–Trinajstić information content (AvgIpc) is 2.42. The summed E-state index contributed by atoms with van der Waals surface area (Å²) in [7, 11) is 0. The van der Waals surface area contributed by atoms with Gasteiger partial charge in [0, 0.05) is 5.56 Å². The van der Waals surface area contributed by atoms with Crippen LogP contribution in [0.5, 0.6) is 5.75 Å². The van der Waals surface area contributed by atoms with Crippen molar-refractivity contribution in [1.82, 2.24) is 0 Å². The minimum Gasteiger partial charge on any atom is -0.489 e. The van der Waals surface area contributed by atoms with Crippen LogP contribution in [-0.2, 0) is 13.0 Å². The molecule has 0 heterocycles. The van der Waals surface area contributed by atoms with Crippen molar-refractivity contribution in [3.05, 3.63) is 64.4 Å². The Kier molecular flexibility index (Phi) is 4.77. The van der Waals surface area contributed by atoms with Gasteiger partial charge in [-0.1, -0.05) is 41.9 Å². The highest BCUT2D eigenvalue weighted by Crippen LogP contribution is 2.22. The quantitative estimate of drug-likeness (QED) is 0.908. The molecule has 0 fully saturated rings. The lowest BCUT2D eigenvalue weighted by Crippen LogP contribution is -2.06. The molecule has 0 saturated heterocycles. The molecule has 0 aliphatic rings. The van der Waals surface area contributed by atoms with Crippen LogP contribution < -0.4 is 10.5 Å². The fourth-order valence-electron chi connectivity index (χ4n) is 1.82. The molecular weight excluding hydrogens is 265 g/mol. The monoisotopic (exact) mass is 279 g/mol. The number of para-hydroxylation sites is 1. The molecular formula is C15H15ClFNO. The first-order chi connectivity index (χ1) is 9.22. The largest absolute Gasteiger partial charge is 0.489 e. The van der Waals surface area contributed by atoms with Crippen molar-refractivity contribution in [2.24, 2.45) is 5.73 Å². The number of rotatable bonds is 5. The second kappa shape index (κ2) is 6.55. The van der Waals surface area contributed by atoms with Crippen molar-refractivity contribution in [3.8, 4) is 5.75 Å². The maximum Gasteiger partial charge on any atom is 0.148 e. The molecule has 0 amide bonds. The molecule has 2 aromatic rings. The topological polar surface area (TPSA) is 35.2 Å². The van der Waals surface area contributed by atoms with Crippen LogP contribution in [0, 0.1) is 5.82 Å². The van der Waals surface area contributed by atoms with E-state index >= 15 is 0 Å². The number of hydrogen-bond acceptors (Lipinski definition) is 2. The fraction of sp³-hybridized carbons (Fsp3) is 0.200. The second-order valence-electron chi connectivity index (χ2n) is 4.15. The Labute approximate surface area is 117 Å². The Morgan fingerprint density at radius 2 is 1.79 bits per heavy atom. The lowest BCUT2D eigenvalue weighted by atomic mass is 10.1. The van der Waals surface area contributed by atoms with Crippen LogP contribution in [0.15, 0.2) is 42.5 Å². The smallest absolute Gasteiger partial charge is 0.148 e. The average molecular weight is 280 g/mol. The zero-order chi connectivity index (χ0) is 13.7. The highest BCUT2D eigenvalue weighted by Gasteiger charge is 2.08. The molecule has 0 unspecified atom stereocenters. The minimum absolute atomic E-state index is 0.108. The maximum absolute atomic E-state index is 13.7. The standard InChI is InChI=1S/C15H15ClFNO/c16-13-6-3-5-12(15(13)17)10-19-14-7-2-1-4-11(14)8-9-18/h1-7H,8-10,18H2. The molecule has 19 heavy (non-hydrogen) atoms. The van der Waals surface area contributed by atoms with Crippen molar-refractivity contribution in [2.45, 2.75) is 13.0 Å². The van der Waals surface area contributed by atoms with Crippen molar-refractivity contribution in [1.29, 1.82) is 0 Å². The molecule has 0 spiro atoms. The van der Waals surface area contributed by atoms with Crippen molar-refractivity contribution in [3.63, 3.8) is 0 Å². The van der Waals surface area contributed by atoms with Gasteiger partial charge in [0.05, 0.1) is 5.02 Å². The lowest BCUT2D eigenvalue weighted by Gasteiger charge is -2.11. The summed E-state index contributed by atoms with van der Waals surface area (Å²) in [6.07, 6.45) is 0.730. The normalized spacial score (nSPS) is 10.5. The van der Waals surface area contributed by atoms with Gasteiger partial charge in [-0.2, -0.15) is 0 Å². The van der Waals surface area contributed by atoms with Gasteiger partial charge in [-0.25, -0.2) is 4.39 Å². The Hall–Kier alpha value is -1.58. The Bertz CT molecular complexity index is 560. The zero-order valence-electron chi connectivity index (χ0n) is 10.4. The summed E-state index contributed by atoms with van der Waals surface area (Å²) < 4.78 is 19.4. The van der Waals surface area contributed by atoms with Gasteiger partial charge in [0.25, 0.3) is 0 Å². The first-order valence-electron chi connectivity index (χ1n) is 6.06. The van der Waals surface area contributed by atoms with Crippen LogP contribution >= 0.6 is 11.6 Å². The van der Waals surface area contributed by atoms with Gasteiger partial charge in [-0.15, -0.1) is 0 Å². The van der Waals surface area contributed by atoms with Crippen LogP contribution in [-0.4, -0.2) is 6.54 Å². The minimum atomic E-state index is -0.430. The molecule has 0 atom stereocenters. The Balaban J connectivity index is 2.12. The molecule has 100 valence electrons. The summed E-state index contributed by atoms with van der Waals surface area (Å²) in [6.45, 7) is 0.694. The summed E-state index contributed by atoms with van der Waals surface area (Å²) in [5.41, 5.74) is 7.01. The molecule has 2 N–H and O–H groups in total. The van der Waals surface area contributed by atoms with E-state index in [1.54, 1.807) is 12.1 Å². The Morgan fingerprint density at radius 3 is 2.58 bits per heavy atom. The summed E-state index contributed by atoms with van der Waals surface area (Å²) in [6, 6.07) is 12.5. The van der Waals surface area contributed by atoms with Crippen molar-refractivity contribution >= 4 is 11.6 Å². The van der Waals surface area contributed by atoms with E-state index in [0.717, 1.165) is 17.7 Å². The predicted molar refractivity (Wildman–Crippen MR) is 74.9 cm³/mol. The van der Waals surface area contributed by atoms with E-state index in [0.29, 0.717) is 12.1 Å². The summed E-state index contributed by atoms with van der Waals surface area (Å²) in [5.74, 6) is 0.299. The van der Waals surface area contributed by atoms with Crippen LogP contribution in [0.1, 0.15) is 11.1 Å². The van der Waals surface area contributed by atoms with Crippen LogP contribution in [0.25, 0.3) is 0 Å². The molecule has 0 radical (unpaired) electrons. The van der Waals surface area contributed by atoms with Crippen LogP contribution in [0.2, 0.25) is 5.02 Å². The van der Waals surface area contributed by atoms with Gasteiger partial charge in [0.15, 0.2) is 0 Å². The molecule has 0 aliphatic heterocycles. The number of benzene rings is 2. The summed E-state index contributed by atoms with van der Waals surface area (Å²) >= 11 is 5.73. The number of hydrogen-bond donors (Lipinski definition) is 1. The molecule has 2 aromatic carbocycles. The van der Waals surface area contributed by atoms with Crippen LogP contribution in [0.3, 0.4) is 0 Å². The van der Waals surface area contributed by atoms with Gasteiger partial charge in [-0.3, -0.25) is 0 Å². The Morgan fingerprint density at radius 1 is 1.05 bits per heavy atom. The number of halogens is 2. The van der Waals surface area contributed by atoms with E-state index in [1.165, 1.54) is 6.07 Å². The van der Waals surface area contributed by atoms with Crippen molar-refractivity contribution in [2.75, 3.05) is 6.54 Å². The third kappa shape index (κ3) is 3.46. The third-order valence-electron chi connectivity index (χ3n) is 2.80. The first-order valence-corrected chi connectivity index (χ1v) is 6.44. The molecule has 4 heteroatoms. The second-order valence-corrected chi connectivity index (χ2v) is 4.56. The SMILES string of the molecule is NCCc1ccccc1OCc1cccc(Cl)c1F. The van der Waals surface area contributed by atoms with Gasteiger partial charge in [0.1, 0.15) is 18.2 Å². The van der Waals surface area contributed by atoms with Gasteiger partial charge in [-0.05, 0) is 30.7 Å².